The third kappa shape index (κ3) is 7.60. The predicted octanol–water partition coefficient (Wildman–Crippen LogP) is 8.45. The van der Waals surface area contributed by atoms with Gasteiger partial charge in [-0.25, -0.2) is 0 Å². The Labute approximate surface area is 349 Å². The summed E-state index contributed by atoms with van der Waals surface area (Å²) in [6, 6.07) is 29.8. The van der Waals surface area contributed by atoms with E-state index in [-0.39, 0.29) is 48.8 Å². The van der Waals surface area contributed by atoms with Crippen LogP contribution in [0.3, 0.4) is 0 Å². The number of para-hydroxylation sites is 1. The Morgan fingerprint density at radius 2 is 1.45 bits per heavy atom. The second-order valence-electron chi connectivity index (χ2n) is 16.1. The minimum atomic E-state index is -0.243. The number of nitrogens with zero attached hydrogens (tertiary/aromatic N) is 1. The normalized spacial score (nSPS) is 18.2. The quantitative estimate of drug-likeness (QED) is 0.0885. The van der Waals surface area contributed by atoms with Gasteiger partial charge in [0.2, 0.25) is 0 Å². The zero-order valence-electron chi connectivity index (χ0n) is 34.2. The molecule has 11 nitrogen and oxygen atoms in total. The maximum Gasteiger partial charge on any atom is 0.305 e. The van der Waals surface area contributed by atoms with Gasteiger partial charge in [-0.2, -0.15) is 0 Å². The van der Waals surface area contributed by atoms with E-state index >= 15 is 0 Å². The summed E-state index contributed by atoms with van der Waals surface area (Å²) in [5.74, 6) is 2.13. The molecule has 5 aromatic rings. The van der Waals surface area contributed by atoms with E-state index in [0.29, 0.717) is 73.1 Å². The number of esters is 1. The van der Waals surface area contributed by atoms with Crippen molar-refractivity contribution in [3.05, 3.63) is 136 Å². The molecular weight excluding hydrogens is 759 g/mol. The molecule has 0 radical (unpaired) electrons. The first-order valence-electron chi connectivity index (χ1n) is 20.7. The van der Waals surface area contributed by atoms with Crippen molar-refractivity contribution >= 4 is 34.7 Å². The summed E-state index contributed by atoms with van der Waals surface area (Å²) < 4.78 is 29.7. The van der Waals surface area contributed by atoms with Crippen LogP contribution in [-0.4, -0.2) is 57.6 Å². The molecule has 3 heterocycles. The Balaban J connectivity index is 0.933. The standard InChI is InChI=1S/C49H49N3O8/c1-29-16-39-41(51-26-35-21-33-11-5-7-13-42(33)52(35)49(39)55)23-43(29)59-27-30-17-31(19-36(18-30)58-15-9-8-14-46(53)57-3)28-60-45-24-40-38(22-44(45)56-2)48(54)47-34(25-50-40)20-32-10-4-6-12-37(32)47/h4-7,10-13,16-19,22-24,34-35,47,50-51H,8-9,14-15,20-21,25-28H2,1-3H3/t34-,35-,47?/m0/s1. The monoisotopic (exact) mass is 807 g/mol. The number of rotatable bonds is 13. The first-order chi connectivity index (χ1) is 29.3. The molecule has 2 N–H and O–H groups in total. The smallest absolute Gasteiger partial charge is 0.305 e. The van der Waals surface area contributed by atoms with Crippen molar-refractivity contribution in [2.75, 3.05) is 49.4 Å². The van der Waals surface area contributed by atoms with E-state index in [2.05, 4.69) is 28.8 Å². The highest BCUT2D eigenvalue weighted by molar-refractivity contribution is 6.12. The average molecular weight is 808 g/mol. The number of aryl methyl sites for hydroxylation is 1. The van der Waals surface area contributed by atoms with Crippen molar-refractivity contribution < 1.29 is 38.1 Å². The third-order valence-corrected chi connectivity index (χ3v) is 12.2. The number of anilines is 3. The summed E-state index contributed by atoms with van der Waals surface area (Å²) in [5, 5.41) is 7.07. The second kappa shape index (κ2) is 16.6. The molecule has 5 aromatic carbocycles. The average Bonchev–Trinajstić information content (AvgIpc) is 3.76. The van der Waals surface area contributed by atoms with Gasteiger partial charge < -0.3 is 39.2 Å². The van der Waals surface area contributed by atoms with Crippen LogP contribution >= 0.6 is 0 Å². The molecule has 1 aliphatic carbocycles. The van der Waals surface area contributed by atoms with Crippen LogP contribution in [0.25, 0.3) is 0 Å². The van der Waals surface area contributed by atoms with E-state index in [1.54, 1.807) is 13.2 Å². The number of carbonyl (C=O) groups excluding carboxylic acids is 3. The van der Waals surface area contributed by atoms with Gasteiger partial charge in [-0.15, -0.1) is 0 Å². The van der Waals surface area contributed by atoms with Crippen LogP contribution in [0.1, 0.15) is 79.3 Å². The number of benzene rings is 5. The van der Waals surface area contributed by atoms with Crippen molar-refractivity contribution in [1.29, 1.82) is 0 Å². The molecular formula is C49H49N3O8. The fourth-order valence-electron chi connectivity index (χ4n) is 9.20. The van der Waals surface area contributed by atoms with E-state index in [9.17, 15) is 14.4 Å². The fourth-order valence-corrected chi connectivity index (χ4v) is 9.20. The highest BCUT2D eigenvalue weighted by atomic mass is 16.5. The van der Waals surface area contributed by atoms with E-state index in [0.717, 1.165) is 52.2 Å². The Hall–Kier alpha value is -6.49. The molecule has 0 fully saturated rings. The van der Waals surface area contributed by atoms with Crippen LogP contribution in [0.4, 0.5) is 17.1 Å². The molecule has 9 rings (SSSR count). The van der Waals surface area contributed by atoms with E-state index in [1.807, 2.05) is 78.6 Å². The van der Waals surface area contributed by atoms with Gasteiger partial charge in [0.15, 0.2) is 17.3 Å². The predicted molar refractivity (Wildman–Crippen MR) is 229 cm³/mol. The zero-order chi connectivity index (χ0) is 41.3. The Morgan fingerprint density at radius 1 is 0.733 bits per heavy atom. The highest BCUT2D eigenvalue weighted by Crippen LogP contribution is 2.46. The SMILES string of the molecule is COC(=O)CCCCOc1cc(COc2cc3c(cc2C)C(=O)N2c4ccccc4C[C@H]2CN3)cc(COc2cc3c(cc2OC)C(=O)C2c4ccccc4C[C@H]2CN3)c1. The largest absolute Gasteiger partial charge is 0.494 e. The van der Waals surface area contributed by atoms with Gasteiger partial charge in [0.25, 0.3) is 5.91 Å². The Bertz CT molecular complexity index is 2480. The number of amides is 1. The molecule has 1 amide bonds. The number of ether oxygens (including phenoxy) is 5. The molecule has 60 heavy (non-hydrogen) atoms. The number of hydrogen-bond acceptors (Lipinski definition) is 10. The zero-order valence-corrected chi connectivity index (χ0v) is 34.2. The lowest BCUT2D eigenvalue weighted by molar-refractivity contribution is -0.140. The molecule has 11 heteroatoms. The molecule has 4 aliphatic rings. The molecule has 308 valence electrons. The van der Waals surface area contributed by atoms with Crippen LogP contribution in [-0.2, 0) is 35.6 Å². The topological polar surface area (TPSA) is 125 Å². The first kappa shape index (κ1) is 39.0. The van der Waals surface area contributed by atoms with Gasteiger partial charge >= 0.3 is 5.97 Å². The summed E-state index contributed by atoms with van der Waals surface area (Å²) in [6.45, 7) is 4.11. The van der Waals surface area contributed by atoms with Crippen molar-refractivity contribution in [2.24, 2.45) is 5.92 Å². The van der Waals surface area contributed by atoms with Crippen LogP contribution in [0, 0.1) is 12.8 Å². The van der Waals surface area contributed by atoms with Gasteiger partial charge in [0, 0.05) is 48.6 Å². The fraction of sp³-hybridized carbons (Fsp3) is 0.327. The molecule has 1 unspecified atom stereocenters. The Kier molecular flexibility index (Phi) is 10.8. The van der Waals surface area contributed by atoms with Gasteiger partial charge in [-0.05, 0) is 108 Å². The highest BCUT2D eigenvalue weighted by Gasteiger charge is 2.41. The van der Waals surface area contributed by atoms with Gasteiger partial charge in [-0.3, -0.25) is 14.4 Å². The van der Waals surface area contributed by atoms with E-state index in [4.69, 9.17) is 23.7 Å². The lowest BCUT2D eigenvalue weighted by Crippen LogP contribution is -2.39. The van der Waals surface area contributed by atoms with Gasteiger partial charge in [0.1, 0.15) is 24.7 Å². The summed E-state index contributed by atoms with van der Waals surface area (Å²) in [5.41, 5.74) is 9.80. The summed E-state index contributed by atoms with van der Waals surface area (Å²) >= 11 is 0. The van der Waals surface area contributed by atoms with Crippen molar-refractivity contribution in [1.82, 2.24) is 0 Å². The molecule has 0 aromatic heterocycles. The van der Waals surface area contributed by atoms with Crippen LogP contribution in [0.2, 0.25) is 0 Å². The van der Waals surface area contributed by atoms with Crippen LogP contribution in [0.15, 0.2) is 91.0 Å². The van der Waals surface area contributed by atoms with E-state index in [1.165, 1.54) is 18.2 Å². The minimum absolute atomic E-state index is 0.0116. The number of Topliss-reactive ketones (excluding diaryl/α,β-unsaturated/α-hetero) is 1. The maximum atomic E-state index is 14.1. The number of carbonyl (C=O) groups is 3. The van der Waals surface area contributed by atoms with Crippen molar-refractivity contribution in [3.8, 4) is 23.0 Å². The Morgan fingerprint density at radius 3 is 2.25 bits per heavy atom. The van der Waals surface area contributed by atoms with Crippen molar-refractivity contribution in [2.45, 2.75) is 64.2 Å². The van der Waals surface area contributed by atoms with Gasteiger partial charge in [-0.1, -0.05) is 42.5 Å². The molecule has 0 spiro atoms. The van der Waals surface area contributed by atoms with Crippen LogP contribution in [0.5, 0.6) is 23.0 Å². The number of ketones is 1. The minimum Gasteiger partial charge on any atom is -0.494 e. The molecule has 3 aliphatic heterocycles. The number of unbranched alkanes of at least 4 members (excludes halogenated alkanes) is 1. The molecule has 3 atom stereocenters. The number of nitrogens with one attached hydrogen (secondary N) is 2. The molecule has 0 bridgehead atoms. The summed E-state index contributed by atoms with van der Waals surface area (Å²) in [7, 11) is 2.97. The lowest BCUT2D eigenvalue weighted by atomic mass is 9.86. The van der Waals surface area contributed by atoms with E-state index < -0.39 is 0 Å². The molecule has 0 saturated heterocycles. The van der Waals surface area contributed by atoms with Crippen molar-refractivity contribution in [3.63, 3.8) is 0 Å². The summed E-state index contributed by atoms with van der Waals surface area (Å²) in [6.07, 6.45) is 3.33. The first-order valence-corrected chi connectivity index (χ1v) is 20.7. The summed E-state index contributed by atoms with van der Waals surface area (Å²) in [4.78, 5) is 41.6. The van der Waals surface area contributed by atoms with Gasteiger partial charge in [0.05, 0.1) is 44.0 Å². The number of hydrogen-bond donors (Lipinski definition) is 2. The number of methoxy groups -OCH3 is 2. The second-order valence-corrected chi connectivity index (χ2v) is 16.1. The van der Waals surface area contributed by atoms with Crippen LogP contribution < -0.4 is 34.5 Å². The molecule has 0 saturated carbocycles. The lowest BCUT2D eigenvalue weighted by Gasteiger charge is -2.22. The maximum absolute atomic E-state index is 14.1. The third-order valence-electron chi connectivity index (χ3n) is 12.2. The number of fused-ring (bicyclic) bond motifs is 8.